The summed E-state index contributed by atoms with van der Waals surface area (Å²) in [4.78, 5) is 2.46. The van der Waals surface area contributed by atoms with Gasteiger partial charge in [-0.15, -0.1) is 0 Å². The Morgan fingerprint density at radius 3 is 2.79 bits per heavy atom. The zero-order chi connectivity index (χ0) is 19.3. The van der Waals surface area contributed by atoms with E-state index in [4.69, 9.17) is 21.4 Å². The van der Waals surface area contributed by atoms with Gasteiger partial charge in [-0.25, -0.2) is 5.01 Å². The summed E-state index contributed by atoms with van der Waals surface area (Å²) < 4.78 is 6.61. The van der Waals surface area contributed by atoms with Crippen molar-refractivity contribution in [2.24, 2.45) is 5.10 Å². The summed E-state index contributed by atoms with van der Waals surface area (Å²) in [5, 5.41) is 17.8. The molecule has 1 saturated heterocycles. The van der Waals surface area contributed by atoms with E-state index in [1.54, 1.807) is 12.1 Å². The van der Waals surface area contributed by atoms with Crippen LogP contribution >= 0.6 is 11.6 Å². The lowest BCUT2D eigenvalue weighted by Gasteiger charge is -2.51. The number of aromatic hydroxyl groups is 1. The third-order valence-corrected chi connectivity index (χ3v) is 6.46. The highest BCUT2D eigenvalue weighted by atomic mass is 35.5. The second kappa shape index (κ2) is 6.68. The molecule has 1 fully saturated rings. The molecular formula is C22H24ClN3O2. The van der Waals surface area contributed by atoms with Gasteiger partial charge >= 0.3 is 0 Å². The summed E-state index contributed by atoms with van der Waals surface area (Å²) >= 11 is 6.31. The van der Waals surface area contributed by atoms with Gasteiger partial charge in [0.2, 0.25) is 5.72 Å². The van der Waals surface area contributed by atoms with Crippen molar-refractivity contribution in [3.8, 4) is 11.5 Å². The Kier molecular flexibility index (Phi) is 4.25. The molecule has 0 unspecified atom stereocenters. The zero-order valence-corrected chi connectivity index (χ0v) is 16.7. The average Bonchev–Trinajstić information content (AvgIpc) is 3.16. The van der Waals surface area contributed by atoms with Crippen LogP contribution in [-0.2, 0) is 0 Å². The lowest BCUT2D eigenvalue weighted by atomic mass is 9.90. The number of rotatable bonds is 2. The van der Waals surface area contributed by atoms with E-state index in [-0.39, 0.29) is 11.8 Å². The van der Waals surface area contributed by atoms with Crippen molar-refractivity contribution in [3.05, 3.63) is 58.6 Å². The van der Waals surface area contributed by atoms with E-state index >= 15 is 0 Å². The number of likely N-dealkylation sites (tertiary alicyclic amines) is 1. The van der Waals surface area contributed by atoms with Crippen LogP contribution in [0.2, 0.25) is 5.02 Å². The molecule has 3 aliphatic heterocycles. The Morgan fingerprint density at radius 1 is 1.21 bits per heavy atom. The molecule has 6 heteroatoms. The molecule has 0 aliphatic carbocycles. The Balaban J connectivity index is 1.57. The van der Waals surface area contributed by atoms with Gasteiger partial charge in [0.05, 0.1) is 11.8 Å². The third kappa shape index (κ3) is 2.85. The first-order valence-electron chi connectivity index (χ1n) is 9.95. The van der Waals surface area contributed by atoms with Crippen molar-refractivity contribution >= 4 is 17.3 Å². The van der Waals surface area contributed by atoms with Gasteiger partial charge < -0.3 is 14.7 Å². The molecule has 0 radical (unpaired) electrons. The molecule has 3 heterocycles. The summed E-state index contributed by atoms with van der Waals surface area (Å²) in [7, 11) is 0. The molecule has 1 spiro atoms. The van der Waals surface area contributed by atoms with Crippen molar-refractivity contribution in [3.63, 3.8) is 0 Å². The predicted octanol–water partition coefficient (Wildman–Crippen LogP) is 4.40. The number of ether oxygens (including phenoxy) is 1. The summed E-state index contributed by atoms with van der Waals surface area (Å²) in [6.07, 6.45) is 2.60. The number of benzene rings is 2. The summed E-state index contributed by atoms with van der Waals surface area (Å²) in [6.45, 7) is 5.26. The number of fused-ring (bicyclic) bond motifs is 4. The maximum absolute atomic E-state index is 9.91. The fraction of sp³-hybridized carbons (Fsp3) is 0.409. The van der Waals surface area contributed by atoms with E-state index in [0.29, 0.717) is 5.02 Å². The largest absolute Gasteiger partial charge is 0.508 e. The van der Waals surface area contributed by atoms with Gasteiger partial charge in [-0.1, -0.05) is 30.7 Å². The topological polar surface area (TPSA) is 48.3 Å². The van der Waals surface area contributed by atoms with Crippen molar-refractivity contribution in [1.82, 2.24) is 9.91 Å². The minimum Gasteiger partial charge on any atom is -0.508 e. The molecule has 2 aromatic rings. The molecule has 3 aliphatic rings. The van der Waals surface area contributed by atoms with Gasteiger partial charge in [0.15, 0.2) is 0 Å². The lowest BCUT2D eigenvalue weighted by Crippen LogP contribution is -2.59. The standard InChI is InChI=1S/C22H24ClN3O2/c1-2-25-10-8-22(9-11-25)26-20(18-13-16(23)6-7-21(18)28-22)14-19(24-26)15-4-3-5-17(27)12-15/h3-7,12-13,20,27H,2,8-11,14H2,1H3/t20-/m0/s1. The van der Waals surface area contributed by atoms with Gasteiger partial charge in [-0.3, -0.25) is 0 Å². The molecule has 5 nitrogen and oxygen atoms in total. The predicted molar refractivity (Wildman–Crippen MR) is 110 cm³/mol. The van der Waals surface area contributed by atoms with Crippen LogP contribution < -0.4 is 4.74 Å². The number of phenolic OH excluding ortho intramolecular Hbond substituents is 1. The smallest absolute Gasteiger partial charge is 0.200 e. The van der Waals surface area contributed by atoms with E-state index in [1.807, 2.05) is 30.3 Å². The van der Waals surface area contributed by atoms with Gasteiger partial charge in [0, 0.05) is 48.5 Å². The van der Waals surface area contributed by atoms with E-state index in [2.05, 4.69) is 16.8 Å². The van der Waals surface area contributed by atoms with Gasteiger partial charge in [-0.05, 0) is 36.9 Å². The summed E-state index contributed by atoms with van der Waals surface area (Å²) in [5.41, 5.74) is 2.61. The van der Waals surface area contributed by atoms with E-state index in [0.717, 1.165) is 61.5 Å². The van der Waals surface area contributed by atoms with Gasteiger partial charge in [0.1, 0.15) is 11.5 Å². The lowest BCUT2D eigenvalue weighted by molar-refractivity contribution is -0.149. The fourth-order valence-electron chi connectivity index (χ4n) is 4.66. The molecule has 1 atom stereocenters. The maximum Gasteiger partial charge on any atom is 0.200 e. The number of hydrogen-bond acceptors (Lipinski definition) is 5. The number of nitrogens with zero attached hydrogens (tertiary/aromatic N) is 3. The molecule has 1 N–H and O–H groups in total. The highest BCUT2D eigenvalue weighted by Gasteiger charge is 2.51. The first-order chi connectivity index (χ1) is 13.6. The molecule has 0 amide bonds. The van der Waals surface area contributed by atoms with Crippen molar-refractivity contribution in [2.45, 2.75) is 38.0 Å². The zero-order valence-electron chi connectivity index (χ0n) is 15.9. The molecular weight excluding hydrogens is 374 g/mol. The van der Waals surface area contributed by atoms with Crippen molar-refractivity contribution < 1.29 is 9.84 Å². The highest BCUT2D eigenvalue weighted by molar-refractivity contribution is 6.30. The number of phenols is 1. The monoisotopic (exact) mass is 397 g/mol. The molecule has 0 saturated carbocycles. The first-order valence-corrected chi connectivity index (χ1v) is 10.3. The summed E-state index contributed by atoms with van der Waals surface area (Å²) in [5.74, 6) is 1.18. The Labute approximate surface area is 170 Å². The second-order valence-corrected chi connectivity index (χ2v) is 8.26. The second-order valence-electron chi connectivity index (χ2n) is 7.83. The van der Waals surface area contributed by atoms with E-state index in [1.165, 1.54) is 0 Å². The Bertz CT molecular complexity index is 937. The number of hydrazone groups is 1. The molecule has 28 heavy (non-hydrogen) atoms. The van der Waals surface area contributed by atoms with Crippen LogP contribution in [-0.4, -0.2) is 46.1 Å². The van der Waals surface area contributed by atoms with Crippen molar-refractivity contribution in [2.75, 3.05) is 19.6 Å². The minimum absolute atomic E-state index is 0.105. The molecule has 2 aromatic carbocycles. The third-order valence-electron chi connectivity index (χ3n) is 6.22. The minimum atomic E-state index is -0.421. The molecule has 5 rings (SSSR count). The van der Waals surface area contributed by atoms with Crippen molar-refractivity contribution in [1.29, 1.82) is 0 Å². The number of piperidine rings is 1. The van der Waals surface area contributed by atoms with E-state index in [9.17, 15) is 5.11 Å². The molecule has 146 valence electrons. The van der Waals surface area contributed by atoms with Crippen LogP contribution in [0.15, 0.2) is 47.6 Å². The molecule has 0 aromatic heterocycles. The number of halogens is 1. The quantitative estimate of drug-likeness (QED) is 0.815. The Hall–Kier alpha value is -2.24. The fourth-order valence-corrected chi connectivity index (χ4v) is 4.84. The van der Waals surface area contributed by atoms with Gasteiger partial charge in [-0.2, -0.15) is 5.10 Å². The van der Waals surface area contributed by atoms with Gasteiger partial charge in [0.25, 0.3) is 0 Å². The highest BCUT2D eigenvalue weighted by Crippen LogP contribution is 2.50. The van der Waals surface area contributed by atoms with Crippen LogP contribution in [0.1, 0.15) is 43.4 Å². The SMILES string of the molecule is CCN1CCC2(CC1)Oc1ccc(Cl)cc1[C@@H]1CC(c3cccc(O)c3)=NN12. The summed E-state index contributed by atoms with van der Waals surface area (Å²) in [6, 6.07) is 13.3. The van der Waals surface area contributed by atoms with Crippen LogP contribution in [0.25, 0.3) is 0 Å². The first kappa shape index (κ1) is 17.8. The van der Waals surface area contributed by atoms with E-state index < -0.39 is 5.72 Å². The number of hydrogen-bond donors (Lipinski definition) is 1. The normalized spacial score (nSPS) is 23.1. The van der Waals surface area contributed by atoms with Crippen LogP contribution in [0.5, 0.6) is 11.5 Å². The maximum atomic E-state index is 9.91. The molecule has 0 bridgehead atoms. The van der Waals surface area contributed by atoms with Crippen LogP contribution in [0.4, 0.5) is 0 Å². The Morgan fingerprint density at radius 2 is 2.04 bits per heavy atom. The van der Waals surface area contributed by atoms with Crippen LogP contribution in [0.3, 0.4) is 0 Å². The average molecular weight is 398 g/mol. The van der Waals surface area contributed by atoms with Crippen LogP contribution in [0, 0.1) is 0 Å².